The second-order valence-electron chi connectivity index (χ2n) is 6.41. The fraction of sp³-hybridized carbons (Fsp3) is 0.0870. The number of hydrazine groups is 1. The third kappa shape index (κ3) is 5.99. The SMILES string of the molecule is O=C(Cc1ccccc1)NNC(=S)NC(=O)C(c1ccccc1)c1ccccc1. The highest BCUT2D eigenvalue weighted by atomic mass is 32.1. The average Bonchev–Trinajstić information content (AvgIpc) is 2.75. The Labute approximate surface area is 175 Å². The van der Waals surface area contributed by atoms with Gasteiger partial charge in [-0.1, -0.05) is 91.0 Å². The molecule has 2 amide bonds. The largest absolute Gasteiger partial charge is 0.301 e. The molecule has 0 unspecified atom stereocenters. The first kappa shape index (κ1) is 20.2. The van der Waals surface area contributed by atoms with E-state index in [-0.39, 0.29) is 23.3 Å². The summed E-state index contributed by atoms with van der Waals surface area (Å²) in [5.74, 6) is -1.05. The first-order chi connectivity index (χ1) is 14.1. The summed E-state index contributed by atoms with van der Waals surface area (Å²) in [6.07, 6.45) is 0.209. The highest BCUT2D eigenvalue weighted by Crippen LogP contribution is 2.24. The molecule has 3 rings (SSSR count). The van der Waals surface area contributed by atoms with Gasteiger partial charge in [0.25, 0.3) is 0 Å². The second-order valence-corrected chi connectivity index (χ2v) is 6.82. The van der Waals surface area contributed by atoms with E-state index in [9.17, 15) is 9.59 Å². The normalized spacial score (nSPS) is 10.2. The van der Waals surface area contributed by atoms with Crippen LogP contribution in [0.1, 0.15) is 22.6 Å². The fourth-order valence-corrected chi connectivity index (χ4v) is 3.11. The lowest BCUT2D eigenvalue weighted by atomic mass is 9.90. The van der Waals surface area contributed by atoms with Gasteiger partial charge in [0.15, 0.2) is 5.11 Å². The maximum Gasteiger partial charge on any atom is 0.242 e. The van der Waals surface area contributed by atoms with Crippen LogP contribution in [-0.4, -0.2) is 16.9 Å². The number of amides is 2. The Morgan fingerprint density at radius 3 is 1.72 bits per heavy atom. The van der Waals surface area contributed by atoms with Gasteiger partial charge in [-0.3, -0.25) is 20.4 Å². The van der Waals surface area contributed by atoms with E-state index < -0.39 is 5.92 Å². The van der Waals surface area contributed by atoms with Gasteiger partial charge in [-0.25, -0.2) is 0 Å². The molecule has 0 saturated heterocycles. The zero-order valence-electron chi connectivity index (χ0n) is 15.7. The second kappa shape index (κ2) is 10.1. The summed E-state index contributed by atoms with van der Waals surface area (Å²) in [5, 5.41) is 2.70. The van der Waals surface area contributed by atoms with Crippen LogP contribution in [0.25, 0.3) is 0 Å². The van der Waals surface area contributed by atoms with Crippen molar-refractivity contribution in [3.05, 3.63) is 108 Å². The first-order valence-corrected chi connectivity index (χ1v) is 9.58. The van der Waals surface area contributed by atoms with E-state index in [0.717, 1.165) is 16.7 Å². The van der Waals surface area contributed by atoms with Crippen LogP contribution in [0.3, 0.4) is 0 Å². The van der Waals surface area contributed by atoms with Crippen molar-refractivity contribution in [2.24, 2.45) is 0 Å². The van der Waals surface area contributed by atoms with E-state index in [1.165, 1.54) is 0 Å². The van der Waals surface area contributed by atoms with Crippen LogP contribution in [0.5, 0.6) is 0 Å². The van der Waals surface area contributed by atoms with E-state index in [4.69, 9.17) is 12.2 Å². The molecule has 0 heterocycles. The standard InChI is InChI=1S/C23H21N3O2S/c27-20(16-17-10-4-1-5-11-17)25-26-23(29)24-22(28)21(18-12-6-2-7-13-18)19-14-8-3-9-15-19/h1-15,21H,16H2,(H,25,27)(H2,24,26,28,29). The van der Waals surface area contributed by atoms with Crippen molar-refractivity contribution in [3.63, 3.8) is 0 Å². The minimum absolute atomic E-state index is 0.0354. The summed E-state index contributed by atoms with van der Waals surface area (Å²) in [7, 11) is 0. The summed E-state index contributed by atoms with van der Waals surface area (Å²) < 4.78 is 0. The zero-order valence-corrected chi connectivity index (χ0v) is 16.5. The molecule has 0 aromatic heterocycles. The lowest BCUT2D eigenvalue weighted by Crippen LogP contribution is -2.49. The van der Waals surface area contributed by atoms with Crippen molar-refractivity contribution in [2.45, 2.75) is 12.3 Å². The van der Waals surface area contributed by atoms with Crippen molar-refractivity contribution in [1.82, 2.24) is 16.2 Å². The average molecular weight is 404 g/mol. The molecule has 3 N–H and O–H groups in total. The molecular formula is C23H21N3O2S. The molecule has 3 aromatic rings. The molecule has 0 aliphatic heterocycles. The van der Waals surface area contributed by atoms with Crippen LogP contribution in [0.2, 0.25) is 0 Å². The monoisotopic (exact) mass is 403 g/mol. The van der Waals surface area contributed by atoms with Gasteiger partial charge in [-0.05, 0) is 28.9 Å². The summed E-state index contributed by atoms with van der Waals surface area (Å²) in [4.78, 5) is 25.0. The van der Waals surface area contributed by atoms with Crippen molar-refractivity contribution in [3.8, 4) is 0 Å². The Morgan fingerprint density at radius 1 is 0.724 bits per heavy atom. The maximum absolute atomic E-state index is 12.9. The lowest BCUT2D eigenvalue weighted by molar-refractivity contribution is -0.122. The topological polar surface area (TPSA) is 70.2 Å². The number of hydrogen-bond donors (Lipinski definition) is 3. The van der Waals surface area contributed by atoms with E-state index in [2.05, 4.69) is 16.2 Å². The summed E-state index contributed by atoms with van der Waals surface area (Å²) >= 11 is 5.17. The molecule has 5 nitrogen and oxygen atoms in total. The predicted octanol–water partition coefficient (Wildman–Crippen LogP) is 3.08. The van der Waals surface area contributed by atoms with E-state index in [1.807, 2.05) is 91.0 Å². The minimum Gasteiger partial charge on any atom is -0.301 e. The summed E-state index contributed by atoms with van der Waals surface area (Å²) in [6.45, 7) is 0. The Bertz CT molecular complexity index is 924. The molecule has 0 aliphatic carbocycles. The highest BCUT2D eigenvalue weighted by Gasteiger charge is 2.23. The van der Waals surface area contributed by atoms with Gasteiger partial charge in [-0.2, -0.15) is 0 Å². The molecule has 146 valence electrons. The third-order valence-corrected chi connectivity index (χ3v) is 4.49. The lowest BCUT2D eigenvalue weighted by Gasteiger charge is -2.18. The smallest absolute Gasteiger partial charge is 0.242 e. The van der Waals surface area contributed by atoms with E-state index in [1.54, 1.807) is 0 Å². The van der Waals surface area contributed by atoms with E-state index in [0.29, 0.717) is 0 Å². The van der Waals surface area contributed by atoms with E-state index >= 15 is 0 Å². The Morgan fingerprint density at radius 2 is 1.21 bits per heavy atom. The van der Waals surface area contributed by atoms with Crippen molar-refractivity contribution in [2.75, 3.05) is 0 Å². The summed E-state index contributed by atoms with van der Waals surface area (Å²) in [6, 6.07) is 28.3. The first-order valence-electron chi connectivity index (χ1n) is 9.17. The van der Waals surface area contributed by atoms with Gasteiger partial charge in [0, 0.05) is 0 Å². The van der Waals surface area contributed by atoms with Gasteiger partial charge >= 0.3 is 0 Å². The molecule has 6 heteroatoms. The Kier molecular flexibility index (Phi) is 7.08. The van der Waals surface area contributed by atoms with Gasteiger partial charge < -0.3 is 5.32 Å². The number of nitrogens with one attached hydrogen (secondary N) is 3. The quantitative estimate of drug-likeness (QED) is 0.452. The fourth-order valence-electron chi connectivity index (χ4n) is 2.95. The van der Waals surface area contributed by atoms with Crippen LogP contribution in [0, 0.1) is 0 Å². The molecule has 29 heavy (non-hydrogen) atoms. The molecule has 0 aliphatic rings. The minimum atomic E-state index is -0.517. The number of carbonyl (C=O) groups is 2. The number of thiocarbonyl (C=S) groups is 1. The molecule has 0 radical (unpaired) electrons. The molecule has 0 bridgehead atoms. The molecule has 0 atom stereocenters. The van der Waals surface area contributed by atoms with Crippen LogP contribution < -0.4 is 16.2 Å². The van der Waals surface area contributed by atoms with Crippen LogP contribution >= 0.6 is 12.2 Å². The van der Waals surface area contributed by atoms with Gasteiger partial charge in [-0.15, -0.1) is 0 Å². The number of benzene rings is 3. The van der Waals surface area contributed by atoms with Crippen LogP contribution in [-0.2, 0) is 16.0 Å². The molecule has 0 spiro atoms. The number of rotatable bonds is 5. The van der Waals surface area contributed by atoms with Crippen LogP contribution in [0.4, 0.5) is 0 Å². The Balaban J connectivity index is 1.60. The predicted molar refractivity (Wildman–Crippen MR) is 117 cm³/mol. The molecule has 0 saturated carbocycles. The maximum atomic E-state index is 12.9. The van der Waals surface area contributed by atoms with Gasteiger partial charge in [0.1, 0.15) is 0 Å². The van der Waals surface area contributed by atoms with Crippen molar-refractivity contribution in [1.29, 1.82) is 0 Å². The highest BCUT2D eigenvalue weighted by molar-refractivity contribution is 7.80. The summed E-state index contributed by atoms with van der Waals surface area (Å²) in [5.41, 5.74) is 7.69. The van der Waals surface area contributed by atoms with Gasteiger partial charge in [0.05, 0.1) is 12.3 Å². The molecule has 0 fully saturated rings. The Hall–Kier alpha value is -3.51. The molecule has 3 aromatic carbocycles. The van der Waals surface area contributed by atoms with Crippen molar-refractivity contribution >= 4 is 29.1 Å². The number of carbonyl (C=O) groups excluding carboxylic acids is 2. The number of hydrogen-bond acceptors (Lipinski definition) is 3. The zero-order chi connectivity index (χ0) is 20.5. The van der Waals surface area contributed by atoms with Crippen molar-refractivity contribution < 1.29 is 9.59 Å². The van der Waals surface area contributed by atoms with Crippen LogP contribution in [0.15, 0.2) is 91.0 Å². The van der Waals surface area contributed by atoms with Gasteiger partial charge in [0.2, 0.25) is 11.8 Å². The third-order valence-electron chi connectivity index (χ3n) is 4.29. The molecular weight excluding hydrogens is 382 g/mol.